The number of hydrogen-bond donors (Lipinski definition) is 2. The summed E-state index contributed by atoms with van der Waals surface area (Å²) in [5, 5.41) is 6.68. The highest BCUT2D eigenvalue weighted by atomic mass is 32.2. The molecule has 0 bridgehead atoms. The molecule has 1 fully saturated rings. The number of nitrogens with one attached hydrogen (secondary N) is 2. The summed E-state index contributed by atoms with van der Waals surface area (Å²) in [7, 11) is 1.80. The van der Waals surface area contributed by atoms with Gasteiger partial charge in [-0.15, -0.1) is 0 Å². The number of furan rings is 1. The molecule has 0 aliphatic carbocycles. The van der Waals surface area contributed by atoms with Crippen molar-refractivity contribution >= 4 is 17.7 Å². The molecule has 1 aliphatic rings. The van der Waals surface area contributed by atoms with Crippen LogP contribution in [0.25, 0.3) is 0 Å². The number of thioether (sulfide) groups is 1. The van der Waals surface area contributed by atoms with E-state index in [0.717, 1.165) is 24.6 Å². The van der Waals surface area contributed by atoms with Gasteiger partial charge < -0.3 is 15.1 Å². The van der Waals surface area contributed by atoms with Crippen LogP contribution in [-0.4, -0.2) is 30.1 Å². The van der Waals surface area contributed by atoms with Crippen LogP contribution in [0.3, 0.4) is 0 Å². The molecule has 0 amide bonds. The predicted octanol–water partition coefficient (Wildman–Crippen LogP) is 2.23. The van der Waals surface area contributed by atoms with E-state index in [1.165, 1.54) is 18.6 Å². The molecule has 1 saturated heterocycles. The molecule has 18 heavy (non-hydrogen) atoms. The van der Waals surface area contributed by atoms with Crippen molar-refractivity contribution in [1.29, 1.82) is 0 Å². The molecule has 5 heteroatoms. The molecule has 1 unspecified atom stereocenters. The summed E-state index contributed by atoms with van der Waals surface area (Å²) in [6.07, 6.45) is 6.03. The summed E-state index contributed by atoms with van der Waals surface area (Å²) in [6.45, 7) is 4.02. The largest absolute Gasteiger partial charge is 0.472 e. The van der Waals surface area contributed by atoms with E-state index in [1.54, 1.807) is 19.6 Å². The maximum absolute atomic E-state index is 5.03. The van der Waals surface area contributed by atoms with Crippen LogP contribution in [-0.2, 0) is 6.54 Å². The maximum Gasteiger partial charge on any atom is 0.191 e. The van der Waals surface area contributed by atoms with Gasteiger partial charge in [-0.3, -0.25) is 4.99 Å². The van der Waals surface area contributed by atoms with Crippen molar-refractivity contribution in [3.8, 4) is 0 Å². The minimum Gasteiger partial charge on any atom is -0.472 e. The summed E-state index contributed by atoms with van der Waals surface area (Å²) in [5.41, 5.74) is 1.12. The Kier molecular flexibility index (Phi) is 4.58. The van der Waals surface area contributed by atoms with Gasteiger partial charge in [0, 0.05) is 30.4 Å². The lowest BCUT2D eigenvalue weighted by Gasteiger charge is -2.24. The van der Waals surface area contributed by atoms with Crippen molar-refractivity contribution in [2.24, 2.45) is 4.99 Å². The molecule has 0 spiro atoms. The van der Waals surface area contributed by atoms with Gasteiger partial charge in [0.2, 0.25) is 0 Å². The maximum atomic E-state index is 5.03. The average Bonchev–Trinajstić information content (AvgIpc) is 3.01. The zero-order valence-electron chi connectivity index (χ0n) is 11.0. The lowest BCUT2D eigenvalue weighted by molar-refractivity contribution is 0.562. The lowest BCUT2D eigenvalue weighted by atomic mass is 10.1. The zero-order valence-corrected chi connectivity index (χ0v) is 11.8. The second kappa shape index (κ2) is 6.18. The first-order chi connectivity index (χ1) is 8.72. The number of rotatable bonds is 4. The van der Waals surface area contributed by atoms with Crippen LogP contribution in [0.1, 0.15) is 25.3 Å². The topological polar surface area (TPSA) is 49.6 Å². The smallest absolute Gasteiger partial charge is 0.191 e. The fourth-order valence-corrected chi connectivity index (χ4v) is 3.29. The lowest BCUT2D eigenvalue weighted by Crippen LogP contribution is -2.43. The third kappa shape index (κ3) is 3.70. The minimum absolute atomic E-state index is 0.354. The van der Waals surface area contributed by atoms with Gasteiger partial charge in [0.25, 0.3) is 0 Å². The quantitative estimate of drug-likeness (QED) is 0.649. The summed E-state index contributed by atoms with van der Waals surface area (Å²) in [6, 6.07) is 1.95. The highest BCUT2D eigenvalue weighted by Crippen LogP contribution is 2.36. The Morgan fingerprint density at radius 3 is 3.06 bits per heavy atom. The van der Waals surface area contributed by atoms with Crippen molar-refractivity contribution in [1.82, 2.24) is 10.6 Å². The summed E-state index contributed by atoms with van der Waals surface area (Å²) in [5.74, 6) is 2.13. The molecule has 1 atom stereocenters. The van der Waals surface area contributed by atoms with E-state index in [4.69, 9.17) is 4.42 Å². The summed E-state index contributed by atoms with van der Waals surface area (Å²) < 4.78 is 5.39. The Morgan fingerprint density at radius 2 is 2.44 bits per heavy atom. The van der Waals surface area contributed by atoms with E-state index < -0.39 is 0 Å². The highest BCUT2D eigenvalue weighted by molar-refractivity contribution is 8.00. The third-order valence-corrected chi connectivity index (χ3v) is 4.73. The van der Waals surface area contributed by atoms with Gasteiger partial charge in [-0.2, -0.15) is 11.8 Å². The van der Waals surface area contributed by atoms with Crippen LogP contribution < -0.4 is 10.6 Å². The predicted molar refractivity (Wildman–Crippen MR) is 77.0 cm³/mol. The van der Waals surface area contributed by atoms with Crippen LogP contribution in [0.5, 0.6) is 0 Å². The molecule has 0 saturated carbocycles. The minimum atomic E-state index is 0.354. The first-order valence-electron chi connectivity index (χ1n) is 6.31. The molecular formula is C13H21N3OS. The van der Waals surface area contributed by atoms with Gasteiger partial charge in [0.05, 0.1) is 12.5 Å². The SMILES string of the molecule is CN=C(NCc1ccoc1)NCC1(C)CCCS1. The molecule has 2 N–H and O–H groups in total. The van der Waals surface area contributed by atoms with Gasteiger partial charge in [0.15, 0.2) is 5.96 Å². The molecular weight excluding hydrogens is 246 g/mol. The Bertz CT molecular complexity index is 383. The average molecular weight is 267 g/mol. The van der Waals surface area contributed by atoms with Crippen LogP contribution in [0, 0.1) is 0 Å². The van der Waals surface area contributed by atoms with Crippen LogP contribution in [0.2, 0.25) is 0 Å². The molecule has 0 aromatic carbocycles. The molecule has 1 aromatic rings. The first-order valence-corrected chi connectivity index (χ1v) is 7.30. The Labute approximate surface area is 113 Å². The fourth-order valence-electron chi connectivity index (χ4n) is 2.05. The second-order valence-corrected chi connectivity index (χ2v) is 6.50. The van der Waals surface area contributed by atoms with Crippen LogP contribution >= 0.6 is 11.8 Å². The van der Waals surface area contributed by atoms with Crippen molar-refractivity contribution in [3.05, 3.63) is 24.2 Å². The molecule has 2 heterocycles. The third-order valence-electron chi connectivity index (χ3n) is 3.19. The Morgan fingerprint density at radius 1 is 1.56 bits per heavy atom. The summed E-state index contributed by atoms with van der Waals surface area (Å²) >= 11 is 2.05. The molecule has 100 valence electrons. The van der Waals surface area contributed by atoms with Gasteiger partial charge in [-0.25, -0.2) is 0 Å². The molecule has 2 rings (SSSR count). The molecule has 1 aromatic heterocycles. The molecule has 1 aliphatic heterocycles. The Balaban J connectivity index is 1.75. The van der Waals surface area contributed by atoms with Crippen molar-refractivity contribution in [2.75, 3.05) is 19.3 Å². The Hall–Kier alpha value is -1.10. The van der Waals surface area contributed by atoms with Gasteiger partial charge in [-0.1, -0.05) is 0 Å². The number of guanidine groups is 1. The normalized spacial score (nSPS) is 24.2. The standard InChI is InChI=1S/C13H21N3OS/c1-13(5-3-7-18-13)10-16-12(14-2)15-8-11-4-6-17-9-11/h4,6,9H,3,5,7-8,10H2,1-2H3,(H2,14,15,16). The number of hydrogen-bond acceptors (Lipinski definition) is 3. The number of aliphatic imine (C=N–C) groups is 1. The van der Waals surface area contributed by atoms with Crippen LogP contribution in [0.4, 0.5) is 0 Å². The highest BCUT2D eigenvalue weighted by Gasteiger charge is 2.29. The number of nitrogens with zero attached hydrogens (tertiary/aromatic N) is 1. The van der Waals surface area contributed by atoms with E-state index in [2.05, 4.69) is 34.3 Å². The summed E-state index contributed by atoms with van der Waals surface area (Å²) in [4.78, 5) is 4.23. The fraction of sp³-hybridized carbons (Fsp3) is 0.615. The second-order valence-electron chi connectivity index (χ2n) is 4.81. The van der Waals surface area contributed by atoms with Gasteiger partial charge in [0.1, 0.15) is 0 Å². The van der Waals surface area contributed by atoms with E-state index in [9.17, 15) is 0 Å². The van der Waals surface area contributed by atoms with Crippen LogP contribution in [0.15, 0.2) is 28.0 Å². The van der Waals surface area contributed by atoms with E-state index in [0.29, 0.717) is 4.75 Å². The zero-order chi connectivity index (χ0) is 12.8. The van der Waals surface area contributed by atoms with E-state index >= 15 is 0 Å². The monoisotopic (exact) mass is 267 g/mol. The van der Waals surface area contributed by atoms with Crippen molar-refractivity contribution in [2.45, 2.75) is 31.1 Å². The molecule has 4 nitrogen and oxygen atoms in total. The van der Waals surface area contributed by atoms with Crippen molar-refractivity contribution in [3.63, 3.8) is 0 Å². The molecule has 0 radical (unpaired) electrons. The van der Waals surface area contributed by atoms with Gasteiger partial charge >= 0.3 is 0 Å². The first kappa shape index (κ1) is 13.3. The van der Waals surface area contributed by atoms with Gasteiger partial charge in [-0.05, 0) is 31.6 Å². The van der Waals surface area contributed by atoms with Crippen molar-refractivity contribution < 1.29 is 4.42 Å². The van der Waals surface area contributed by atoms with E-state index in [-0.39, 0.29) is 0 Å². The van der Waals surface area contributed by atoms with E-state index in [1.807, 2.05) is 6.07 Å².